The fraction of sp³-hybridized carbons (Fsp3) is 1.00. The summed E-state index contributed by atoms with van der Waals surface area (Å²) in [5, 5.41) is 0. The maximum Gasteiger partial charge on any atom is 0.0213 e. The Bertz CT molecular complexity index is 56.3. The molecule has 1 radical (unpaired) electrons. The summed E-state index contributed by atoms with van der Waals surface area (Å²) in [7, 11) is 0. The Morgan fingerprint density at radius 2 is 1.90 bits per heavy atom. The van der Waals surface area contributed by atoms with Crippen molar-refractivity contribution in [2.24, 2.45) is 5.73 Å². The van der Waals surface area contributed by atoms with Gasteiger partial charge in [0.15, 0.2) is 0 Å². The number of unbranched alkanes of at least 4 members (excludes halogenated alkanes) is 1. The van der Waals surface area contributed by atoms with E-state index in [1.807, 2.05) is 0 Å². The summed E-state index contributed by atoms with van der Waals surface area (Å²) >= 11 is 0. The van der Waals surface area contributed by atoms with Crippen LogP contribution in [-0.4, -0.2) is 12.6 Å². The minimum Gasteiger partial charge on any atom is -0.330 e. The van der Waals surface area contributed by atoms with Gasteiger partial charge in [-0.1, -0.05) is 19.8 Å². The van der Waals surface area contributed by atoms with Crippen LogP contribution >= 0.6 is 0 Å². The molecule has 0 aliphatic heterocycles. The van der Waals surface area contributed by atoms with Gasteiger partial charge in [0, 0.05) is 6.04 Å². The van der Waals surface area contributed by atoms with Crippen molar-refractivity contribution < 1.29 is 0 Å². The zero-order valence-corrected chi connectivity index (χ0v) is 6.90. The van der Waals surface area contributed by atoms with Gasteiger partial charge in [-0.25, -0.2) is 0 Å². The summed E-state index contributed by atoms with van der Waals surface area (Å²) in [6.07, 6.45) is 5.45. The SMILES string of the molecule is CCCCC([NH])CCCN. The highest BCUT2D eigenvalue weighted by Crippen LogP contribution is 2.04. The molecule has 3 N–H and O–H groups in total. The average molecular weight is 143 g/mol. The minimum absolute atomic E-state index is 0.142. The number of hydrogen-bond donors (Lipinski definition) is 1. The summed E-state index contributed by atoms with van der Waals surface area (Å²) in [5.74, 6) is 0. The predicted octanol–water partition coefficient (Wildman–Crippen LogP) is 1.57. The summed E-state index contributed by atoms with van der Waals surface area (Å²) < 4.78 is 0. The van der Waals surface area contributed by atoms with E-state index < -0.39 is 0 Å². The molecule has 0 heterocycles. The van der Waals surface area contributed by atoms with E-state index in [4.69, 9.17) is 11.5 Å². The van der Waals surface area contributed by atoms with E-state index in [1.54, 1.807) is 0 Å². The molecule has 0 aromatic carbocycles. The molecule has 0 fully saturated rings. The van der Waals surface area contributed by atoms with Crippen molar-refractivity contribution in [3.8, 4) is 0 Å². The van der Waals surface area contributed by atoms with E-state index in [2.05, 4.69) is 6.92 Å². The van der Waals surface area contributed by atoms with Crippen molar-refractivity contribution in [3.05, 3.63) is 0 Å². The largest absolute Gasteiger partial charge is 0.330 e. The number of rotatable bonds is 6. The number of nitrogens with two attached hydrogens (primary N) is 1. The molecule has 10 heavy (non-hydrogen) atoms. The summed E-state index contributed by atoms with van der Waals surface area (Å²) in [6.45, 7) is 2.90. The Balaban J connectivity index is 3.00. The second kappa shape index (κ2) is 7.03. The molecule has 2 heteroatoms. The quantitative estimate of drug-likeness (QED) is 0.602. The Morgan fingerprint density at radius 1 is 1.30 bits per heavy atom. The standard InChI is InChI=1S/C8H19N2/c1-2-3-5-8(10)6-4-7-9/h8,10H,2-7,9H2,1H3. The van der Waals surface area contributed by atoms with Crippen LogP contribution < -0.4 is 11.5 Å². The highest BCUT2D eigenvalue weighted by atomic mass is 14.6. The van der Waals surface area contributed by atoms with Gasteiger partial charge in [-0.05, 0) is 25.8 Å². The Morgan fingerprint density at radius 3 is 2.40 bits per heavy atom. The van der Waals surface area contributed by atoms with E-state index >= 15 is 0 Å². The normalized spacial score (nSPS) is 13.5. The van der Waals surface area contributed by atoms with Crippen LogP contribution in [0.5, 0.6) is 0 Å². The van der Waals surface area contributed by atoms with Gasteiger partial charge in [0.05, 0.1) is 0 Å². The van der Waals surface area contributed by atoms with Crippen LogP contribution in [0.1, 0.15) is 39.0 Å². The van der Waals surface area contributed by atoms with Crippen LogP contribution in [0.4, 0.5) is 0 Å². The van der Waals surface area contributed by atoms with Crippen LogP contribution in [0.3, 0.4) is 0 Å². The lowest BCUT2D eigenvalue weighted by molar-refractivity contribution is 0.515. The van der Waals surface area contributed by atoms with Crippen LogP contribution in [0.15, 0.2) is 0 Å². The molecule has 61 valence electrons. The fourth-order valence-electron chi connectivity index (χ4n) is 0.959. The molecular formula is C8H19N2. The van der Waals surface area contributed by atoms with Gasteiger partial charge >= 0.3 is 0 Å². The molecule has 0 aliphatic carbocycles. The molecule has 1 atom stereocenters. The van der Waals surface area contributed by atoms with E-state index in [9.17, 15) is 0 Å². The Labute approximate surface area is 64.0 Å². The molecule has 0 aromatic rings. The molecule has 0 spiro atoms. The molecule has 0 rings (SSSR count). The van der Waals surface area contributed by atoms with Crippen LogP contribution in [0.25, 0.3) is 0 Å². The minimum atomic E-state index is 0.142. The predicted molar refractivity (Wildman–Crippen MR) is 44.7 cm³/mol. The summed E-state index contributed by atoms with van der Waals surface area (Å²) in [4.78, 5) is 0. The third kappa shape index (κ3) is 6.05. The smallest absolute Gasteiger partial charge is 0.0213 e. The first kappa shape index (κ1) is 9.92. The van der Waals surface area contributed by atoms with E-state index in [-0.39, 0.29) is 6.04 Å². The Kier molecular flexibility index (Phi) is 6.98. The van der Waals surface area contributed by atoms with Gasteiger partial charge in [-0.3, -0.25) is 5.73 Å². The van der Waals surface area contributed by atoms with Crippen molar-refractivity contribution in [1.82, 2.24) is 5.73 Å². The van der Waals surface area contributed by atoms with Crippen LogP contribution in [0.2, 0.25) is 0 Å². The summed E-state index contributed by atoms with van der Waals surface area (Å²) in [6, 6.07) is 0.142. The molecule has 2 nitrogen and oxygen atoms in total. The summed E-state index contributed by atoms with van der Waals surface area (Å²) in [5.41, 5.74) is 12.8. The molecular weight excluding hydrogens is 124 g/mol. The molecule has 0 amide bonds. The zero-order valence-electron chi connectivity index (χ0n) is 6.90. The monoisotopic (exact) mass is 143 g/mol. The first-order valence-corrected chi connectivity index (χ1v) is 4.22. The molecule has 0 saturated heterocycles. The van der Waals surface area contributed by atoms with Crippen molar-refractivity contribution in [1.29, 1.82) is 0 Å². The lowest BCUT2D eigenvalue weighted by atomic mass is 10.1. The van der Waals surface area contributed by atoms with Crippen LogP contribution in [-0.2, 0) is 0 Å². The second-order valence-electron chi connectivity index (χ2n) is 2.77. The van der Waals surface area contributed by atoms with Gasteiger partial charge in [0.1, 0.15) is 0 Å². The molecule has 0 aromatic heterocycles. The van der Waals surface area contributed by atoms with Gasteiger partial charge in [0.2, 0.25) is 0 Å². The van der Waals surface area contributed by atoms with Crippen molar-refractivity contribution in [3.63, 3.8) is 0 Å². The molecule has 0 aliphatic rings. The lowest BCUT2D eigenvalue weighted by Crippen LogP contribution is -2.11. The zero-order chi connectivity index (χ0) is 7.82. The van der Waals surface area contributed by atoms with E-state index in [1.165, 1.54) is 12.8 Å². The van der Waals surface area contributed by atoms with Crippen molar-refractivity contribution >= 4 is 0 Å². The topological polar surface area (TPSA) is 49.8 Å². The average Bonchev–Trinajstić information content (AvgIpc) is 1.97. The number of nitrogens with one attached hydrogen (secondary N) is 1. The highest BCUT2D eigenvalue weighted by Gasteiger charge is 2.00. The highest BCUT2D eigenvalue weighted by molar-refractivity contribution is 4.59. The van der Waals surface area contributed by atoms with Crippen LogP contribution in [0, 0.1) is 0 Å². The van der Waals surface area contributed by atoms with Crippen molar-refractivity contribution in [2.45, 2.75) is 45.1 Å². The second-order valence-corrected chi connectivity index (χ2v) is 2.77. The molecule has 0 bridgehead atoms. The van der Waals surface area contributed by atoms with Gasteiger partial charge in [-0.15, -0.1) is 0 Å². The lowest BCUT2D eigenvalue weighted by Gasteiger charge is -2.07. The molecule has 1 unspecified atom stereocenters. The Hall–Kier alpha value is -0.0800. The third-order valence-electron chi connectivity index (χ3n) is 1.66. The maximum atomic E-state index is 7.52. The maximum absolute atomic E-state index is 7.52. The first-order chi connectivity index (χ1) is 4.81. The van der Waals surface area contributed by atoms with Gasteiger partial charge in [0.25, 0.3) is 0 Å². The van der Waals surface area contributed by atoms with E-state index in [0.717, 1.165) is 25.8 Å². The first-order valence-electron chi connectivity index (χ1n) is 4.22. The van der Waals surface area contributed by atoms with Crippen molar-refractivity contribution in [2.75, 3.05) is 6.54 Å². The number of hydrogen-bond acceptors (Lipinski definition) is 1. The third-order valence-corrected chi connectivity index (χ3v) is 1.66. The fourth-order valence-corrected chi connectivity index (χ4v) is 0.959. The van der Waals surface area contributed by atoms with Gasteiger partial charge < -0.3 is 5.73 Å². The van der Waals surface area contributed by atoms with Gasteiger partial charge in [-0.2, -0.15) is 0 Å². The van der Waals surface area contributed by atoms with E-state index in [0.29, 0.717) is 0 Å². The molecule has 0 saturated carbocycles.